The van der Waals surface area contributed by atoms with E-state index in [2.05, 4.69) is 149 Å². The number of epoxide rings is 1. The molecular weight excluding hydrogens is 2150 g/mol. The summed E-state index contributed by atoms with van der Waals surface area (Å²) < 4.78 is 41.1. The third-order valence-electron chi connectivity index (χ3n) is 14.9. The zero-order chi connectivity index (χ0) is 69.0. The van der Waals surface area contributed by atoms with E-state index in [-0.39, 0.29) is 81.3 Å². The molecule has 0 amide bonds. The van der Waals surface area contributed by atoms with Crippen LogP contribution in [0.2, 0.25) is 0 Å². The van der Waals surface area contributed by atoms with Gasteiger partial charge in [0.15, 0.2) is 11.6 Å². The van der Waals surface area contributed by atoms with E-state index in [0.29, 0.717) is 127 Å². The molecule has 94 heavy (non-hydrogen) atoms. The van der Waals surface area contributed by atoms with Crippen LogP contribution in [0.4, 0.5) is 31.8 Å². The van der Waals surface area contributed by atoms with Crippen LogP contribution < -0.4 is 39.2 Å². The van der Waals surface area contributed by atoms with Crippen molar-refractivity contribution in [2.75, 3.05) is 91.3 Å². The van der Waals surface area contributed by atoms with Crippen LogP contribution in [0.1, 0.15) is 82.6 Å². The Kier molecular flexibility index (Phi) is 38.0. The summed E-state index contributed by atoms with van der Waals surface area (Å²) in [5.41, 5.74) is 0.0679. The quantitative estimate of drug-likeness (QED) is 0.0126. The summed E-state index contributed by atoms with van der Waals surface area (Å²) in [5.74, 6) is -2.88. The number of nitrogens with zero attached hydrogens (tertiary/aromatic N) is 11. The number of anilines is 2. The van der Waals surface area contributed by atoms with Gasteiger partial charge in [0.05, 0.1) is 68.1 Å². The standard InChI is InChI=1S/C24H27FN6O6S.C16H16FN3O3S.C8H12BrN3O3.C4H7BrO.C4H7Br.I3.I2.HI/c1-13-26-11-20(31(36)37)29(13)12-15(32)3-4-27-5-7-28(8-6-27)19-10-18-16(9-17(19)25)22(33)21(24(34)35)23-30(18)14(2)38-23;1-8-20-11-7-12(19-4-2-18-3-5-19)10(17)6-9(11)14(21)13(16(22)23)15(20)24-8;1-6-10-4-8(12(14)15)11(6)5-7(13)2-3-9;5-2-1-4-3-6-4;1-2-3-4-5;1-3-2;1-2;/h9-11,14-15,32H,3-8,12H2,1-2H3,(H,34,35);6-8,18H,2-5H2,1H3,(H,22,23);4,7,13H,2-3,5H2,1H3;4H,1-3H2;2H,1,3-4H2;;;1H/q;;;;;-1;;. The second-order valence-electron chi connectivity index (χ2n) is 20.9. The molecule has 0 saturated carbocycles. The maximum atomic E-state index is 15.2. The average molecular weight is 2220 g/mol. The number of alkyl halides is 3. The van der Waals surface area contributed by atoms with E-state index in [1.165, 1.54) is 57.5 Å². The Morgan fingerprint density at radius 2 is 1.18 bits per heavy atom. The van der Waals surface area contributed by atoms with Gasteiger partial charge in [0, 0.05) is 137 Å². The fourth-order valence-electron chi connectivity index (χ4n) is 10.2. The Morgan fingerprint density at radius 1 is 0.766 bits per heavy atom. The number of thioether (sulfide) groups is 2. The number of piperazine rings is 2. The first-order valence-electron chi connectivity index (χ1n) is 28.5. The van der Waals surface area contributed by atoms with Gasteiger partial charge >= 0.3 is 74.1 Å². The number of nitro groups is 2. The van der Waals surface area contributed by atoms with Crippen molar-refractivity contribution >= 4 is 227 Å². The van der Waals surface area contributed by atoms with Crippen LogP contribution in [0.3, 0.4) is 0 Å². The van der Waals surface area contributed by atoms with Crippen LogP contribution in [0, 0.1) is 45.7 Å². The van der Waals surface area contributed by atoms with Gasteiger partial charge in [0.2, 0.25) is 10.9 Å². The number of fused-ring (bicyclic) bond motifs is 6. The SMILES string of the molecule is BrCCC1CO1.C=CCCBr.CC1Sc2c(C(=O)O)c(=O)c3cc(F)c(N4CCNCC4)cc3n21.Cc1ncc([N+](=O)[O-])n1CC(O)CCBr.Cc1ncc([N+](=O)[O-])n1CC(O)CCN1CCN(c2cc3c(cc2F)c(=O)c(C(=O)O)c2n3C(C)S2)CC1.I.II.I[I-]I. The molecule has 25 nitrogen and oxygen atoms in total. The van der Waals surface area contributed by atoms with Gasteiger partial charge in [0.1, 0.15) is 48.2 Å². The molecule has 0 aliphatic carbocycles. The number of rotatable bonds is 19. The molecule has 11 rings (SSSR count). The van der Waals surface area contributed by atoms with Crippen molar-refractivity contribution < 1.29 is 66.6 Å². The first-order chi connectivity index (χ1) is 44.4. The zero-order valence-corrected chi connectivity index (χ0v) is 70.5. The molecular formula is C56H70Br3F2I6N12O13S2-. The predicted molar refractivity (Wildman–Crippen MR) is 416 cm³/mol. The molecule has 522 valence electrons. The van der Waals surface area contributed by atoms with E-state index in [1.54, 1.807) is 30.5 Å². The van der Waals surface area contributed by atoms with E-state index in [1.807, 2.05) is 34.3 Å². The van der Waals surface area contributed by atoms with E-state index in [9.17, 15) is 64.2 Å². The zero-order valence-electron chi connectivity index (χ0n) is 51.0. The van der Waals surface area contributed by atoms with Gasteiger partial charge in [-0.1, -0.05) is 77.4 Å². The normalized spacial score (nSPS) is 17.2. The molecule has 9 heterocycles. The minimum absolute atomic E-state index is 0. The summed E-state index contributed by atoms with van der Waals surface area (Å²) >= 11 is 21.9. The first kappa shape index (κ1) is 85.0. The van der Waals surface area contributed by atoms with Crippen molar-refractivity contribution in [1.82, 2.24) is 38.5 Å². The fourth-order valence-corrected chi connectivity index (χ4v) is 13.9. The summed E-state index contributed by atoms with van der Waals surface area (Å²) in [5, 5.41) is 67.6. The number of benzene rings is 2. The number of ether oxygens (including phenoxy) is 1. The number of aliphatic hydroxyl groups excluding tert-OH is 2. The van der Waals surface area contributed by atoms with E-state index < -0.39 is 56.5 Å². The Balaban J connectivity index is 0.000000285. The summed E-state index contributed by atoms with van der Waals surface area (Å²) in [6, 6.07) is 5.65. The Morgan fingerprint density at radius 3 is 1.51 bits per heavy atom. The molecule has 0 spiro atoms. The number of aryl methyl sites for hydroxylation is 2. The first-order valence-corrected chi connectivity index (χ1v) is 52.5. The molecule has 0 radical (unpaired) electrons. The number of carbonyl (C=O) groups is 2. The number of aromatic nitrogens is 6. The van der Waals surface area contributed by atoms with Gasteiger partial charge in [-0.3, -0.25) is 14.5 Å². The number of imidazole rings is 2. The molecule has 5 aliphatic heterocycles. The summed E-state index contributed by atoms with van der Waals surface area (Å²) in [4.78, 5) is 83.0. The van der Waals surface area contributed by atoms with Crippen LogP contribution in [0.15, 0.2) is 69.0 Å². The maximum absolute atomic E-state index is 15.2. The van der Waals surface area contributed by atoms with Gasteiger partial charge in [-0.15, -0.1) is 30.6 Å². The Bertz CT molecular complexity index is 3700. The summed E-state index contributed by atoms with van der Waals surface area (Å²) in [7, 11) is 0. The van der Waals surface area contributed by atoms with Gasteiger partial charge in [-0.05, 0) is 73.6 Å². The molecule has 38 heteroatoms. The number of halogens is 11. The van der Waals surface area contributed by atoms with Gasteiger partial charge in [0.25, 0.3) is 0 Å². The minimum atomic E-state index is -1.32. The third kappa shape index (κ3) is 22.8. The number of aromatic carboxylic acids is 2. The molecule has 3 fully saturated rings. The molecule has 0 bridgehead atoms. The van der Waals surface area contributed by atoms with Crippen molar-refractivity contribution in [3.05, 3.63) is 124 Å². The number of hydrogen-bond donors (Lipinski definition) is 5. The van der Waals surface area contributed by atoms with Crippen molar-refractivity contribution in [2.45, 2.75) is 106 Å². The number of hydrogen-bond acceptors (Lipinski definition) is 19. The number of pyridine rings is 2. The van der Waals surface area contributed by atoms with Crippen LogP contribution in [0.5, 0.6) is 0 Å². The molecule has 5 N–H and O–H groups in total. The van der Waals surface area contributed by atoms with Gasteiger partial charge < -0.3 is 69.6 Å². The van der Waals surface area contributed by atoms with Crippen LogP contribution in [0.25, 0.3) is 21.8 Å². The second-order valence-corrected chi connectivity index (χ2v) is 42.1. The van der Waals surface area contributed by atoms with Crippen LogP contribution >= 0.6 is 170 Å². The number of carboxylic acid groups (broad SMARTS) is 2. The summed E-state index contributed by atoms with van der Waals surface area (Å²) in [6.07, 6.45) is 6.70. The monoisotopic (exact) mass is 2220 g/mol. The molecule has 3 saturated heterocycles. The fraction of sp³-hybridized carbons (Fsp3) is 0.500. The topological polar surface area (TPSA) is 315 Å². The Hall–Kier alpha value is -1.46. The van der Waals surface area contributed by atoms with E-state index in [0.717, 1.165) is 42.8 Å². The molecule has 5 unspecified atom stereocenters. The van der Waals surface area contributed by atoms with Crippen molar-refractivity contribution in [1.29, 1.82) is 0 Å². The van der Waals surface area contributed by atoms with Gasteiger partial charge in [-0.2, -0.15) is 0 Å². The third-order valence-corrected chi connectivity index (χ3v) is 18.7. The summed E-state index contributed by atoms with van der Waals surface area (Å²) in [6.45, 7) is 17.8. The molecule has 5 atom stereocenters. The molecule has 6 aromatic rings. The van der Waals surface area contributed by atoms with Gasteiger partial charge in [-0.25, -0.2) is 37.5 Å². The molecule has 2 aromatic carbocycles. The molecule has 5 aliphatic rings. The van der Waals surface area contributed by atoms with Crippen LogP contribution in [-0.4, -0.2) is 175 Å². The number of carboxylic acids is 2. The number of aliphatic hydroxyl groups is 2. The van der Waals surface area contributed by atoms with Crippen LogP contribution in [-0.2, 0) is 17.8 Å². The molecule has 4 aromatic heterocycles. The van der Waals surface area contributed by atoms with E-state index >= 15 is 4.39 Å². The number of allylic oxidation sites excluding steroid dienone is 1. The average Bonchev–Trinajstić information content (AvgIpc) is 1.00. The predicted octanol–water partition coefficient (Wildman–Crippen LogP) is 9.86. The number of nitrogens with one attached hydrogen (secondary N) is 1. The Labute approximate surface area is 644 Å². The second kappa shape index (κ2) is 42.1. The van der Waals surface area contributed by atoms with Crippen molar-refractivity contribution in [3.63, 3.8) is 0 Å². The van der Waals surface area contributed by atoms with E-state index in [4.69, 9.17) is 4.74 Å². The van der Waals surface area contributed by atoms with Crippen molar-refractivity contribution in [3.8, 4) is 0 Å². The van der Waals surface area contributed by atoms with Crippen molar-refractivity contribution in [2.24, 2.45) is 0 Å².